The van der Waals surface area contributed by atoms with E-state index in [0.717, 1.165) is 0 Å². The Bertz CT molecular complexity index is 446. The molecule has 1 saturated carbocycles. The molecule has 2 unspecified atom stereocenters. The van der Waals surface area contributed by atoms with E-state index in [-0.39, 0.29) is 30.2 Å². The molecule has 0 spiro atoms. The van der Waals surface area contributed by atoms with Gasteiger partial charge in [0, 0.05) is 18.5 Å². The first-order valence-corrected chi connectivity index (χ1v) is 4.85. The van der Waals surface area contributed by atoms with E-state index in [1.165, 1.54) is 4.57 Å². The molecule has 2 aliphatic rings. The number of aromatic nitrogens is 2. The maximum Gasteiger partial charge on any atom is 0.351 e. The molecule has 80 valence electrons. The standard InChI is InChI=1S/C9H11N3O3/c10-5-1-2-12(9(14)11-5)6-3-4-7(13)8(4)15-6/h1-2,4,6-8,13H,3H2,(H2,10,11,14)/t4?,6-,7?,8+/m1/s1. The van der Waals surface area contributed by atoms with Gasteiger partial charge in [0.15, 0.2) is 0 Å². The van der Waals surface area contributed by atoms with E-state index < -0.39 is 5.69 Å². The van der Waals surface area contributed by atoms with Crippen molar-refractivity contribution in [2.75, 3.05) is 5.73 Å². The predicted octanol–water partition coefficient (Wildman–Crippen LogP) is -0.896. The predicted molar refractivity (Wildman–Crippen MR) is 50.9 cm³/mol. The summed E-state index contributed by atoms with van der Waals surface area (Å²) in [5, 5.41) is 9.28. The van der Waals surface area contributed by atoms with Crippen LogP contribution < -0.4 is 11.4 Å². The summed E-state index contributed by atoms with van der Waals surface area (Å²) in [7, 11) is 0. The van der Waals surface area contributed by atoms with Crippen molar-refractivity contribution in [3.63, 3.8) is 0 Å². The quantitative estimate of drug-likeness (QED) is 0.625. The Labute approximate surface area is 85.3 Å². The van der Waals surface area contributed by atoms with Crippen LogP contribution in [0.5, 0.6) is 0 Å². The average molecular weight is 209 g/mol. The van der Waals surface area contributed by atoms with Gasteiger partial charge >= 0.3 is 5.69 Å². The summed E-state index contributed by atoms with van der Waals surface area (Å²) in [6.07, 6.45) is 1.49. The Morgan fingerprint density at radius 1 is 1.67 bits per heavy atom. The molecule has 6 heteroatoms. The summed E-state index contributed by atoms with van der Waals surface area (Å²) in [6.45, 7) is 0. The van der Waals surface area contributed by atoms with Gasteiger partial charge in [0.25, 0.3) is 0 Å². The highest BCUT2D eigenvalue weighted by atomic mass is 16.5. The molecule has 0 bridgehead atoms. The second-order valence-corrected chi connectivity index (χ2v) is 3.99. The van der Waals surface area contributed by atoms with Gasteiger partial charge in [0.1, 0.15) is 12.0 Å². The third-order valence-corrected chi connectivity index (χ3v) is 3.01. The van der Waals surface area contributed by atoms with Crippen LogP contribution in [0.4, 0.5) is 5.82 Å². The summed E-state index contributed by atoms with van der Waals surface area (Å²) in [6, 6.07) is 1.56. The van der Waals surface area contributed by atoms with Gasteiger partial charge in [-0.05, 0) is 6.07 Å². The fourth-order valence-corrected chi connectivity index (χ4v) is 2.07. The van der Waals surface area contributed by atoms with Crippen LogP contribution in [0, 0.1) is 5.92 Å². The summed E-state index contributed by atoms with van der Waals surface area (Å²) in [5.74, 6) is 0.388. The topological polar surface area (TPSA) is 90.4 Å². The van der Waals surface area contributed by atoms with Gasteiger partial charge in [-0.3, -0.25) is 4.57 Å². The van der Waals surface area contributed by atoms with Crippen molar-refractivity contribution in [2.45, 2.75) is 24.9 Å². The number of aliphatic hydroxyl groups excluding tert-OH is 1. The molecule has 2 fully saturated rings. The minimum atomic E-state index is -0.407. The van der Waals surface area contributed by atoms with Crippen molar-refractivity contribution in [1.29, 1.82) is 0 Å². The average Bonchev–Trinajstić information content (AvgIpc) is 2.63. The van der Waals surface area contributed by atoms with Crippen molar-refractivity contribution in [2.24, 2.45) is 5.92 Å². The van der Waals surface area contributed by atoms with Gasteiger partial charge in [0.2, 0.25) is 0 Å². The van der Waals surface area contributed by atoms with E-state index in [1.54, 1.807) is 12.3 Å². The monoisotopic (exact) mass is 209 g/mol. The molecule has 1 aliphatic carbocycles. The van der Waals surface area contributed by atoms with Gasteiger partial charge in [-0.1, -0.05) is 0 Å². The SMILES string of the molecule is Nc1ccn([C@H]2CC3C(O)[C@H]3O2)c(=O)n1. The zero-order valence-corrected chi connectivity index (χ0v) is 7.91. The summed E-state index contributed by atoms with van der Waals surface area (Å²) in [5.41, 5.74) is 4.97. The largest absolute Gasteiger partial charge is 0.390 e. The lowest BCUT2D eigenvalue weighted by molar-refractivity contribution is -0.0113. The molecule has 4 atom stereocenters. The molecule has 3 rings (SSSR count). The maximum absolute atomic E-state index is 11.5. The van der Waals surface area contributed by atoms with E-state index in [4.69, 9.17) is 10.5 Å². The van der Waals surface area contributed by atoms with E-state index >= 15 is 0 Å². The Balaban J connectivity index is 1.86. The van der Waals surface area contributed by atoms with Crippen LogP contribution in [0.1, 0.15) is 12.6 Å². The molecular weight excluding hydrogens is 198 g/mol. The minimum absolute atomic E-state index is 0.0977. The normalized spacial score (nSPS) is 37.7. The van der Waals surface area contributed by atoms with Gasteiger partial charge in [-0.2, -0.15) is 4.98 Å². The van der Waals surface area contributed by atoms with Crippen molar-refractivity contribution in [3.05, 3.63) is 22.7 Å². The molecule has 6 nitrogen and oxygen atoms in total. The number of fused-ring (bicyclic) bond motifs is 1. The molecular formula is C9H11N3O3. The molecule has 1 aromatic heterocycles. The number of anilines is 1. The summed E-state index contributed by atoms with van der Waals surface area (Å²) in [4.78, 5) is 15.1. The molecule has 1 aliphatic heterocycles. The van der Waals surface area contributed by atoms with Crippen molar-refractivity contribution in [3.8, 4) is 0 Å². The van der Waals surface area contributed by atoms with Crippen LogP contribution in [-0.2, 0) is 4.74 Å². The van der Waals surface area contributed by atoms with Crippen molar-refractivity contribution >= 4 is 5.82 Å². The second-order valence-electron chi connectivity index (χ2n) is 3.99. The lowest BCUT2D eigenvalue weighted by Gasteiger charge is -2.15. The first-order valence-electron chi connectivity index (χ1n) is 4.85. The third-order valence-electron chi connectivity index (χ3n) is 3.01. The Morgan fingerprint density at radius 2 is 2.47 bits per heavy atom. The molecule has 0 amide bonds. The number of nitrogens with two attached hydrogens (primary N) is 1. The van der Waals surface area contributed by atoms with Crippen LogP contribution in [0.2, 0.25) is 0 Å². The Kier molecular flexibility index (Phi) is 1.66. The molecule has 0 radical (unpaired) electrons. The first kappa shape index (κ1) is 8.87. The summed E-state index contributed by atoms with van der Waals surface area (Å²) >= 11 is 0. The van der Waals surface area contributed by atoms with Crippen LogP contribution in [0.15, 0.2) is 17.1 Å². The fraction of sp³-hybridized carbons (Fsp3) is 0.556. The highest BCUT2D eigenvalue weighted by Crippen LogP contribution is 2.49. The van der Waals surface area contributed by atoms with Crippen LogP contribution in [-0.4, -0.2) is 26.9 Å². The molecule has 3 N–H and O–H groups in total. The van der Waals surface area contributed by atoms with E-state index in [9.17, 15) is 9.90 Å². The minimum Gasteiger partial charge on any atom is -0.390 e. The molecule has 1 saturated heterocycles. The van der Waals surface area contributed by atoms with Crippen molar-refractivity contribution < 1.29 is 9.84 Å². The van der Waals surface area contributed by atoms with E-state index in [1.807, 2.05) is 0 Å². The first-order chi connectivity index (χ1) is 7.16. The molecule has 2 heterocycles. The van der Waals surface area contributed by atoms with Gasteiger partial charge < -0.3 is 15.6 Å². The maximum atomic E-state index is 11.5. The number of aliphatic hydroxyl groups is 1. The number of nitrogens with zero attached hydrogens (tertiary/aromatic N) is 2. The number of hydrogen-bond donors (Lipinski definition) is 2. The van der Waals surface area contributed by atoms with E-state index in [2.05, 4.69) is 4.98 Å². The van der Waals surface area contributed by atoms with Crippen LogP contribution in [0.25, 0.3) is 0 Å². The zero-order valence-electron chi connectivity index (χ0n) is 7.91. The van der Waals surface area contributed by atoms with E-state index in [0.29, 0.717) is 6.42 Å². The number of ether oxygens (including phenoxy) is 1. The fourth-order valence-electron chi connectivity index (χ4n) is 2.07. The lowest BCUT2D eigenvalue weighted by atomic mass is 10.3. The molecule has 0 aromatic carbocycles. The second kappa shape index (κ2) is 2.80. The van der Waals surface area contributed by atoms with Gasteiger partial charge in [0.05, 0.1) is 12.2 Å². The van der Waals surface area contributed by atoms with Crippen LogP contribution in [0.3, 0.4) is 0 Å². The van der Waals surface area contributed by atoms with Crippen molar-refractivity contribution in [1.82, 2.24) is 9.55 Å². The zero-order chi connectivity index (χ0) is 10.6. The summed E-state index contributed by atoms with van der Waals surface area (Å²) < 4.78 is 6.90. The Morgan fingerprint density at radius 3 is 3.07 bits per heavy atom. The van der Waals surface area contributed by atoms with Crippen LogP contribution >= 0.6 is 0 Å². The van der Waals surface area contributed by atoms with Gasteiger partial charge in [-0.25, -0.2) is 4.79 Å². The number of hydrogen-bond acceptors (Lipinski definition) is 5. The highest BCUT2D eigenvalue weighted by molar-refractivity contribution is 5.23. The smallest absolute Gasteiger partial charge is 0.351 e. The highest BCUT2D eigenvalue weighted by Gasteiger charge is 2.57. The Hall–Kier alpha value is -1.40. The lowest BCUT2D eigenvalue weighted by Crippen LogP contribution is -2.28. The van der Waals surface area contributed by atoms with Gasteiger partial charge in [-0.15, -0.1) is 0 Å². The number of nitrogen functional groups attached to an aromatic ring is 1. The molecule has 1 aromatic rings. The molecule has 15 heavy (non-hydrogen) atoms. The third kappa shape index (κ3) is 1.25. The number of rotatable bonds is 1.